The van der Waals surface area contributed by atoms with E-state index in [1.165, 1.54) is 5.39 Å². The van der Waals surface area contributed by atoms with Crippen LogP contribution in [0.15, 0.2) is 42.5 Å². The topological polar surface area (TPSA) is 142 Å². The minimum Gasteiger partial charge on any atom is -0.481 e. The summed E-state index contributed by atoms with van der Waals surface area (Å²) >= 11 is 0. The van der Waals surface area contributed by atoms with Crippen molar-refractivity contribution in [3.8, 4) is 11.4 Å². The molecule has 0 aliphatic heterocycles. The maximum atomic E-state index is 10.6. The Morgan fingerprint density at radius 3 is 2.28 bits per heavy atom. The number of halogens is 3. The van der Waals surface area contributed by atoms with Crippen LogP contribution in [-0.4, -0.2) is 43.5 Å². The Balaban J connectivity index is 0.000000451. The van der Waals surface area contributed by atoms with Crippen molar-refractivity contribution in [2.45, 2.75) is 44.3 Å². The highest BCUT2D eigenvalue weighted by Gasteiger charge is 2.38. The Morgan fingerprint density at radius 1 is 1.00 bits per heavy atom. The zero-order chi connectivity index (χ0) is 23.7. The number of benzene rings is 2. The number of aromatic nitrogens is 3. The smallest absolute Gasteiger partial charge is 0.481 e. The molecule has 3 aromatic rings. The second kappa shape index (κ2) is 11.2. The fourth-order valence-corrected chi connectivity index (χ4v) is 2.86. The molecule has 1 atom stereocenters. The quantitative estimate of drug-likeness (QED) is 0.373. The predicted octanol–water partition coefficient (Wildman–Crippen LogP) is 4.29. The van der Waals surface area contributed by atoms with Gasteiger partial charge in [0.2, 0.25) is 0 Å². The van der Waals surface area contributed by atoms with Crippen molar-refractivity contribution in [2.75, 3.05) is 0 Å². The van der Waals surface area contributed by atoms with Crippen LogP contribution in [0.25, 0.3) is 22.2 Å². The molecule has 0 bridgehead atoms. The molecule has 1 heterocycles. The van der Waals surface area contributed by atoms with Gasteiger partial charge < -0.3 is 20.9 Å². The van der Waals surface area contributed by atoms with E-state index in [-0.39, 0.29) is 12.5 Å². The molecule has 32 heavy (non-hydrogen) atoms. The molecule has 0 radical (unpaired) electrons. The molecule has 11 heteroatoms. The van der Waals surface area contributed by atoms with E-state index < -0.39 is 18.1 Å². The summed E-state index contributed by atoms with van der Waals surface area (Å²) in [5, 5.41) is 26.5. The molecule has 8 nitrogen and oxygen atoms in total. The number of carbonyl (C=O) groups is 2. The number of alkyl halides is 3. The maximum absolute atomic E-state index is 10.6. The van der Waals surface area contributed by atoms with E-state index in [0.717, 1.165) is 30.2 Å². The maximum Gasteiger partial charge on any atom is 0.490 e. The summed E-state index contributed by atoms with van der Waals surface area (Å²) in [6.07, 6.45) is -1.71. The van der Waals surface area contributed by atoms with Crippen molar-refractivity contribution in [1.29, 1.82) is 0 Å². The molecule has 0 aliphatic carbocycles. The molecular weight excluding hydrogens is 429 g/mol. The molecule has 172 valence electrons. The number of hydrogen-bond acceptors (Lipinski definition) is 5. The lowest BCUT2D eigenvalue weighted by Crippen LogP contribution is -2.21. The molecule has 0 fully saturated rings. The molecule has 0 saturated carbocycles. The Morgan fingerprint density at radius 2 is 1.66 bits per heavy atom. The Bertz CT molecular complexity index is 1050. The van der Waals surface area contributed by atoms with E-state index in [0.29, 0.717) is 18.1 Å². The number of nitrogens with zero attached hydrogens (tertiary/aromatic N) is 2. The average Bonchev–Trinajstić information content (AvgIpc) is 3.23. The highest BCUT2D eigenvalue weighted by Crippen LogP contribution is 2.23. The minimum atomic E-state index is -5.08. The van der Waals surface area contributed by atoms with Gasteiger partial charge in [-0.3, -0.25) is 4.79 Å². The number of nitrogens with one attached hydrogen (secondary N) is 1. The largest absolute Gasteiger partial charge is 0.490 e. The molecule has 2 aromatic carbocycles. The van der Waals surface area contributed by atoms with Crippen LogP contribution in [0.3, 0.4) is 0 Å². The number of aliphatic carboxylic acids is 2. The molecule has 0 aliphatic rings. The first kappa shape index (κ1) is 24.8. The lowest BCUT2D eigenvalue weighted by Gasteiger charge is -2.07. The van der Waals surface area contributed by atoms with Gasteiger partial charge in [-0.2, -0.15) is 13.2 Å². The Kier molecular flexibility index (Phi) is 8.71. The Labute approximate surface area is 181 Å². The van der Waals surface area contributed by atoms with Crippen molar-refractivity contribution in [3.05, 3.63) is 48.3 Å². The number of nitrogens with two attached hydrogens (primary N) is 1. The van der Waals surface area contributed by atoms with Crippen LogP contribution in [0, 0.1) is 0 Å². The SMILES string of the molecule is N[C@@H](CCCCCC(=O)O)c1nnc(-c2ccc3ccccc3c2)[nH]1.O=C(O)C(F)(F)F. The number of aromatic amines is 1. The van der Waals surface area contributed by atoms with Gasteiger partial charge in [-0.25, -0.2) is 4.79 Å². The number of H-pyrrole nitrogens is 1. The third kappa shape index (κ3) is 7.65. The molecule has 5 N–H and O–H groups in total. The summed E-state index contributed by atoms with van der Waals surface area (Å²) in [5.74, 6) is -2.13. The number of unbranched alkanes of at least 4 members (excludes halogenated alkanes) is 2. The van der Waals surface area contributed by atoms with E-state index in [2.05, 4.69) is 39.4 Å². The van der Waals surface area contributed by atoms with E-state index in [9.17, 15) is 18.0 Å². The number of carboxylic acids is 2. The first-order valence-corrected chi connectivity index (χ1v) is 9.77. The summed E-state index contributed by atoms with van der Waals surface area (Å²) in [5.41, 5.74) is 7.15. The van der Waals surface area contributed by atoms with E-state index in [1.807, 2.05) is 18.2 Å². The number of hydrogen-bond donors (Lipinski definition) is 4. The fraction of sp³-hybridized carbons (Fsp3) is 0.333. The van der Waals surface area contributed by atoms with Gasteiger partial charge in [0, 0.05) is 12.0 Å². The van der Waals surface area contributed by atoms with Crippen molar-refractivity contribution < 1.29 is 33.0 Å². The zero-order valence-corrected chi connectivity index (χ0v) is 17.0. The first-order chi connectivity index (χ1) is 15.1. The van der Waals surface area contributed by atoms with Gasteiger partial charge in [0.15, 0.2) is 5.82 Å². The lowest BCUT2D eigenvalue weighted by atomic mass is 10.1. The number of carboxylic acid groups (broad SMARTS) is 2. The highest BCUT2D eigenvalue weighted by atomic mass is 19.4. The third-order valence-corrected chi connectivity index (χ3v) is 4.53. The van der Waals surface area contributed by atoms with Gasteiger partial charge in [0.1, 0.15) is 5.82 Å². The van der Waals surface area contributed by atoms with Crippen molar-refractivity contribution in [3.63, 3.8) is 0 Å². The molecule has 0 spiro atoms. The van der Waals surface area contributed by atoms with Gasteiger partial charge in [-0.05, 0) is 29.7 Å². The third-order valence-electron chi connectivity index (χ3n) is 4.53. The van der Waals surface area contributed by atoms with Crippen molar-refractivity contribution in [1.82, 2.24) is 15.2 Å². The van der Waals surface area contributed by atoms with Crippen LogP contribution >= 0.6 is 0 Å². The van der Waals surface area contributed by atoms with Gasteiger partial charge in [-0.15, -0.1) is 10.2 Å². The monoisotopic (exact) mass is 452 g/mol. The summed E-state index contributed by atoms with van der Waals surface area (Å²) in [6, 6.07) is 14.1. The molecule has 0 amide bonds. The van der Waals surface area contributed by atoms with Gasteiger partial charge in [-0.1, -0.05) is 49.2 Å². The second-order valence-corrected chi connectivity index (χ2v) is 7.02. The average molecular weight is 452 g/mol. The van der Waals surface area contributed by atoms with Crippen LogP contribution in [0.4, 0.5) is 13.2 Å². The molecular formula is C21H23F3N4O4. The Hall–Kier alpha value is -3.47. The second-order valence-electron chi connectivity index (χ2n) is 7.02. The van der Waals surface area contributed by atoms with Crippen LogP contribution in [-0.2, 0) is 9.59 Å². The fourth-order valence-electron chi connectivity index (χ4n) is 2.86. The van der Waals surface area contributed by atoms with Gasteiger partial charge in [0.05, 0.1) is 6.04 Å². The zero-order valence-electron chi connectivity index (χ0n) is 17.0. The highest BCUT2D eigenvalue weighted by molar-refractivity contribution is 5.86. The summed E-state index contributed by atoms with van der Waals surface area (Å²) in [4.78, 5) is 22.6. The van der Waals surface area contributed by atoms with Crippen LogP contribution < -0.4 is 5.73 Å². The lowest BCUT2D eigenvalue weighted by molar-refractivity contribution is -0.192. The molecule has 0 unspecified atom stereocenters. The number of rotatable bonds is 8. The van der Waals surface area contributed by atoms with Crippen LogP contribution in [0.5, 0.6) is 0 Å². The minimum absolute atomic E-state index is 0.212. The molecule has 1 aromatic heterocycles. The van der Waals surface area contributed by atoms with Crippen LogP contribution in [0.2, 0.25) is 0 Å². The van der Waals surface area contributed by atoms with E-state index >= 15 is 0 Å². The summed E-state index contributed by atoms with van der Waals surface area (Å²) < 4.78 is 31.7. The van der Waals surface area contributed by atoms with Gasteiger partial charge in [0.25, 0.3) is 0 Å². The first-order valence-electron chi connectivity index (χ1n) is 9.77. The van der Waals surface area contributed by atoms with Crippen molar-refractivity contribution in [2.24, 2.45) is 5.73 Å². The summed E-state index contributed by atoms with van der Waals surface area (Å²) in [7, 11) is 0. The van der Waals surface area contributed by atoms with E-state index in [4.69, 9.17) is 20.7 Å². The number of fused-ring (bicyclic) bond motifs is 1. The van der Waals surface area contributed by atoms with Crippen LogP contribution in [0.1, 0.15) is 44.0 Å². The summed E-state index contributed by atoms with van der Waals surface area (Å²) in [6.45, 7) is 0. The van der Waals surface area contributed by atoms with E-state index in [1.54, 1.807) is 0 Å². The molecule has 3 rings (SSSR count). The molecule has 0 saturated heterocycles. The standard InChI is InChI=1S/C19H22N4O2.C2HF3O2/c20-16(8-2-1-3-9-17(24)25)19-21-18(22-23-19)15-11-10-13-6-4-5-7-14(13)12-15;3-2(4,5)1(6)7/h4-7,10-12,16H,1-3,8-9,20H2,(H,24,25)(H,21,22,23);(H,6,7)/t16-;/m0./s1. The predicted molar refractivity (Wildman–Crippen MR) is 111 cm³/mol. The van der Waals surface area contributed by atoms with Gasteiger partial charge >= 0.3 is 18.1 Å². The normalized spacial score (nSPS) is 12.1. The van der Waals surface area contributed by atoms with Crippen molar-refractivity contribution >= 4 is 22.7 Å².